The molecule has 1 aromatic rings. The molecule has 2 unspecified atom stereocenters. The number of halogens is 1. The molecule has 0 saturated carbocycles. The predicted octanol–water partition coefficient (Wildman–Crippen LogP) is 3.62. The van der Waals surface area contributed by atoms with Crippen LogP contribution in [-0.2, 0) is 5.54 Å². The summed E-state index contributed by atoms with van der Waals surface area (Å²) in [5.74, 6) is 0.444. The van der Waals surface area contributed by atoms with E-state index in [-0.39, 0.29) is 5.54 Å². The second kappa shape index (κ2) is 3.99. The highest BCUT2D eigenvalue weighted by atomic mass is 35.5. The normalized spacial score (nSPS) is 18.2. The average Bonchev–Trinajstić information content (AvgIpc) is 2.50. The molecule has 0 aromatic carbocycles. The van der Waals surface area contributed by atoms with E-state index >= 15 is 0 Å². The minimum Gasteiger partial charge on any atom is -0.321 e. The molecule has 1 aromatic heterocycles. The van der Waals surface area contributed by atoms with Gasteiger partial charge < -0.3 is 5.73 Å². The summed E-state index contributed by atoms with van der Waals surface area (Å²) in [6.07, 6.45) is 1.07. The second-order valence-corrected chi connectivity index (χ2v) is 5.22. The van der Waals surface area contributed by atoms with Crippen molar-refractivity contribution in [3.63, 3.8) is 0 Å². The molecule has 3 heteroatoms. The number of rotatable bonds is 3. The quantitative estimate of drug-likeness (QED) is 0.823. The molecule has 0 saturated heterocycles. The fourth-order valence-electron chi connectivity index (χ4n) is 1.37. The van der Waals surface area contributed by atoms with Crippen molar-refractivity contribution < 1.29 is 0 Å². The molecule has 0 bridgehead atoms. The lowest BCUT2D eigenvalue weighted by Gasteiger charge is -2.31. The zero-order valence-electron chi connectivity index (χ0n) is 8.30. The zero-order chi connectivity index (χ0) is 10.1. The Labute approximate surface area is 88.9 Å². The molecule has 0 amide bonds. The van der Waals surface area contributed by atoms with Crippen molar-refractivity contribution in [2.45, 2.75) is 32.7 Å². The van der Waals surface area contributed by atoms with Crippen molar-refractivity contribution >= 4 is 22.9 Å². The zero-order valence-corrected chi connectivity index (χ0v) is 9.88. The maximum Gasteiger partial charge on any atom is 0.0978 e. The molecule has 1 nitrogen and oxygen atoms in total. The van der Waals surface area contributed by atoms with Crippen LogP contribution in [0.4, 0.5) is 0 Å². The van der Waals surface area contributed by atoms with Crippen LogP contribution in [0, 0.1) is 5.92 Å². The summed E-state index contributed by atoms with van der Waals surface area (Å²) in [6, 6.07) is 2.03. The van der Waals surface area contributed by atoms with E-state index in [4.69, 9.17) is 17.3 Å². The van der Waals surface area contributed by atoms with Gasteiger partial charge in [-0.1, -0.05) is 31.9 Å². The van der Waals surface area contributed by atoms with Crippen LogP contribution in [0.15, 0.2) is 11.4 Å². The Balaban J connectivity index is 2.99. The van der Waals surface area contributed by atoms with Gasteiger partial charge in [-0.15, -0.1) is 11.3 Å². The Hall–Kier alpha value is -0.0500. The van der Waals surface area contributed by atoms with Crippen LogP contribution < -0.4 is 5.73 Å². The van der Waals surface area contributed by atoms with Crippen molar-refractivity contribution in [2.24, 2.45) is 11.7 Å². The van der Waals surface area contributed by atoms with Crippen LogP contribution in [0.25, 0.3) is 0 Å². The molecule has 0 radical (unpaired) electrons. The van der Waals surface area contributed by atoms with Crippen LogP contribution in [0.3, 0.4) is 0 Å². The highest BCUT2D eigenvalue weighted by Gasteiger charge is 2.29. The van der Waals surface area contributed by atoms with E-state index in [1.807, 2.05) is 11.4 Å². The lowest BCUT2D eigenvalue weighted by atomic mass is 9.81. The van der Waals surface area contributed by atoms with Gasteiger partial charge in [-0.05, 0) is 24.3 Å². The maximum atomic E-state index is 6.26. The van der Waals surface area contributed by atoms with E-state index in [0.717, 1.165) is 16.3 Å². The third-order valence-electron chi connectivity index (χ3n) is 2.83. The molecule has 74 valence electrons. The third kappa shape index (κ3) is 2.06. The molecule has 2 atom stereocenters. The predicted molar refractivity (Wildman–Crippen MR) is 60.3 cm³/mol. The molecule has 0 aliphatic rings. The van der Waals surface area contributed by atoms with Gasteiger partial charge >= 0.3 is 0 Å². The van der Waals surface area contributed by atoms with E-state index in [0.29, 0.717) is 5.92 Å². The van der Waals surface area contributed by atoms with Crippen LogP contribution in [0.1, 0.15) is 32.8 Å². The molecule has 2 N–H and O–H groups in total. The van der Waals surface area contributed by atoms with E-state index < -0.39 is 0 Å². The van der Waals surface area contributed by atoms with Crippen LogP contribution >= 0.6 is 22.9 Å². The highest BCUT2D eigenvalue weighted by molar-refractivity contribution is 7.14. The molecule has 13 heavy (non-hydrogen) atoms. The lowest BCUT2D eigenvalue weighted by molar-refractivity contribution is 0.317. The van der Waals surface area contributed by atoms with Gasteiger partial charge in [0.15, 0.2) is 0 Å². The van der Waals surface area contributed by atoms with E-state index in [1.165, 1.54) is 0 Å². The highest BCUT2D eigenvalue weighted by Crippen LogP contribution is 2.36. The topological polar surface area (TPSA) is 26.0 Å². The van der Waals surface area contributed by atoms with Crippen molar-refractivity contribution in [3.05, 3.63) is 21.3 Å². The molecule has 1 rings (SSSR count). The fourth-order valence-corrected chi connectivity index (χ4v) is 2.53. The van der Waals surface area contributed by atoms with Crippen LogP contribution in [-0.4, -0.2) is 0 Å². The molecule has 1 heterocycles. The SMILES string of the molecule is CCC(C)C(C)(N)c1ccsc1Cl. The van der Waals surface area contributed by atoms with Gasteiger partial charge in [0.1, 0.15) is 0 Å². The van der Waals surface area contributed by atoms with Crippen LogP contribution in [0.5, 0.6) is 0 Å². The first-order valence-corrected chi connectivity index (χ1v) is 5.78. The monoisotopic (exact) mass is 217 g/mol. The second-order valence-electron chi connectivity index (χ2n) is 3.70. The molecule has 0 aliphatic heterocycles. The lowest BCUT2D eigenvalue weighted by Crippen LogP contribution is -2.39. The minimum atomic E-state index is -0.300. The first-order valence-electron chi connectivity index (χ1n) is 4.52. The number of hydrogen-bond donors (Lipinski definition) is 1. The Bertz CT molecular complexity index is 280. The summed E-state index contributed by atoms with van der Waals surface area (Å²) in [4.78, 5) is 0. The fraction of sp³-hybridized carbons (Fsp3) is 0.600. The number of hydrogen-bond acceptors (Lipinski definition) is 2. The Morgan fingerprint density at radius 1 is 1.69 bits per heavy atom. The number of nitrogens with two attached hydrogens (primary N) is 1. The van der Waals surface area contributed by atoms with Crippen molar-refractivity contribution in [2.75, 3.05) is 0 Å². The summed E-state index contributed by atoms with van der Waals surface area (Å²) in [5, 5.41) is 1.99. The Kier molecular flexibility index (Phi) is 3.38. The Morgan fingerprint density at radius 3 is 2.69 bits per heavy atom. The minimum absolute atomic E-state index is 0.300. The van der Waals surface area contributed by atoms with Gasteiger partial charge in [0.2, 0.25) is 0 Å². The first kappa shape index (κ1) is 11.0. The third-order valence-corrected chi connectivity index (χ3v) is 4.00. The van der Waals surface area contributed by atoms with Crippen molar-refractivity contribution in [1.29, 1.82) is 0 Å². The van der Waals surface area contributed by atoms with Gasteiger partial charge in [-0.3, -0.25) is 0 Å². The average molecular weight is 218 g/mol. The largest absolute Gasteiger partial charge is 0.321 e. The summed E-state index contributed by atoms with van der Waals surface area (Å²) in [7, 11) is 0. The molecule has 0 aliphatic carbocycles. The molecular weight excluding hydrogens is 202 g/mol. The number of thiophene rings is 1. The van der Waals surface area contributed by atoms with E-state index in [1.54, 1.807) is 11.3 Å². The first-order chi connectivity index (χ1) is 6.00. The summed E-state index contributed by atoms with van der Waals surface area (Å²) >= 11 is 7.61. The smallest absolute Gasteiger partial charge is 0.0978 e. The summed E-state index contributed by atoms with van der Waals surface area (Å²) < 4.78 is 0.824. The van der Waals surface area contributed by atoms with Gasteiger partial charge in [-0.25, -0.2) is 0 Å². The Morgan fingerprint density at radius 2 is 2.31 bits per heavy atom. The van der Waals surface area contributed by atoms with Gasteiger partial charge in [0.25, 0.3) is 0 Å². The molecule has 0 spiro atoms. The van der Waals surface area contributed by atoms with E-state index in [2.05, 4.69) is 20.8 Å². The van der Waals surface area contributed by atoms with Gasteiger partial charge in [0.05, 0.1) is 4.34 Å². The summed E-state index contributed by atoms with van der Waals surface area (Å²) in [6.45, 7) is 6.36. The van der Waals surface area contributed by atoms with Crippen LogP contribution in [0.2, 0.25) is 4.34 Å². The molecule has 0 fully saturated rings. The van der Waals surface area contributed by atoms with E-state index in [9.17, 15) is 0 Å². The summed E-state index contributed by atoms with van der Waals surface area (Å²) in [5.41, 5.74) is 7.04. The van der Waals surface area contributed by atoms with Crippen molar-refractivity contribution in [3.8, 4) is 0 Å². The van der Waals surface area contributed by atoms with Gasteiger partial charge in [-0.2, -0.15) is 0 Å². The molecular formula is C10H16ClNS. The van der Waals surface area contributed by atoms with Gasteiger partial charge in [0, 0.05) is 11.1 Å². The maximum absolute atomic E-state index is 6.26. The van der Waals surface area contributed by atoms with Crippen molar-refractivity contribution in [1.82, 2.24) is 0 Å². The standard InChI is InChI=1S/C10H16ClNS/c1-4-7(2)10(3,12)8-5-6-13-9(8)11/h5-7H,4,12H2,1-3H3.